The van der Waals surface area contributed by atoms with Gasteiger partial charge in [0.2, 0.25) is 0 Å². The Kier molecular flexibility index (Phi) is 7.36. The van der Waals surface area contributed by atoms with Gasteiger partial charge in [0.1, 0.15) is 11.5 Å². The molecule has 56 heavy (non-hydrogen) atoms. The molecule has 0 fully saturated rings. The van der Waals surface area contributed by atoms with Crippen LogP contribution in [-0.2, 0) is 5.41 Å². The van der Waals surface area contributed by atoms with Crippen LogP contribution >= 0.6 is 0 Å². The molecule has 11 rings (SSSR count). The molecule has 0 saturated heterocycles. The third-order valence-electron chi connectivity index (χ3n) is 11.2. The average molecular weight is 716 g/mol. The number of nitrogens with zero attached hydrogens (tertiary/aromatic N) is 3. The number of fused-ring (bicyclic) bond motifs is 9. The molecular formula is C52H33N3O. The minimum absolute atomic E-state index is 0.514. The van der Waals surface area contributed by atoms with Crippen LogP contribution in [0.25, 0.3) is 67.5 Å². The number of hydrogen-bond acceptors (Lipinski definition) is 4. The summed E-state index contributed by atoms with van der Waals surface area (Å²) < 4.78 is 6.93. The fraction of sp³-hybridized carbons (Fsp3) is 0.0192. The van der Waals surface area contributed by atoms with Crippen LogP contribution < -0.4 is 4.74 Å². The van der Waals surface area contributed by atoms with Crippen molar-refractivity contribution < 1.29 is 4.74 Å². The van der Waals surface area contributed by atoms with Crippen molar-refractivity contribution in [1.82, 2.24) is 15.0 Å². The lowest BCUT2D eigenvalue weighted by atomic mass is 9.65. The molecule has 0 unspecified atom stereocenters. The van der Waals surface area contributed by atoms with Crippen molar-refractivity contribution in [3.05, 3.63) is 222 Å². The lowest BCUT2D eigenvalue weighted by molar-refractivity contribution is 0.438. The van der Waals surface area contributed by atoms with E-state index in [1.54, 1.807) is 0 Å². The Labute approximate surface area is 325 Å². The zero-order valence-electron chi connectivity index (χ0n) is 30.3. The molecule has 9 aromatic rings. The van der Waals surface area contributed by atoms with Gasteiger partial charge in [0, 0.05) is 33.4 Å². The van der Waals surface area contributed by atoms with Gasteiger partial charge in [0.05, 0.1) is 5.41 Å². The maximum Gasteiger partial charge on any atom is 0.164 e. The van der Waals surface area contributed by atoms with E-state index >= 15 is 0 Å². The minimum Gasteiger partial charge on any atom is -0.456 e. The number of hydrogen-bond donors (Lipinski definition) is 0. The summed E-state index contributed by atoms with van der Waals surface area (Å²) in [5.41, 5.74) is 14.0. The van der Waals surface area contributed by atoms with Gasteiger partial charge in [-0.25, -0.2) is 15.0 Å². The Balaban J connectivity index is 1.04. The highest BCUT2D eigenvalue weighted by atomic mass is 16.5. The molecule has 2 aliphatic rings. The van der Waals surface area contributed by atoms with E-state index < -0.39 is 5.41 Å². The molecule has 4 heteroatoms. The third-order valence-corrected chi connectivity index (χ3v) is 11.2. The second-order valence-electron chi connectivity index (χ2n) is 14.3. The molecule has 1 aromatic heterocycles. The first kappa shape index (κ1) is 32.0. The highest BCUT2D eigenvalue weighted by Crippen LogP contribution is 2.63. The van der Waals surface area contributed by atoms with Crippen molar-refractivity contribution in [2.75, 3.05) is 0 Å². The van der Waals surface area contributed by atoms with Gasteiger partial charge < -0.3 is 4.74 Å². The molecule has 1 aliphatic carbocycles. The topological polar surface area (TPSA) is 47.9 Å². The first-order chi connectivity index (χ1) is 27.8. The van der Waals surface area contributed by atoms with Crippen LogP contribution in [0.3, 0.4) is 0 Å². The highest BCUT2D eigenvalue weighted by molar-refractivity contribution is 5.90. The van der Waals surface area contributed by atoms with Crippen LogP contribution in [0, 0.1) is 0 Å². The van der Waals surface area contributed by atoms with Gasteiger partial charge in [-0.3, -0.25) is 0 Å². The number of aromatic nitrogens is 3. The molecule has 0 radical (unpaired) electrons. The lowest BCUT2D eigenvalue weighted by Crippen LogP contribution is -2.32. The van der Waals surface area contributed by atoms with Crippen molar-refractivity contribution in [3.63, 3.8) is 0 Å². The van der Waals surface area contributed by atoms with Crippen molar-refractivity contribution in [1.29, 1.82) is 0 Å². The summed E-state index contributed by atoms with van der Waals surface area (Å²) >= 11 is 0. The van der Waals surface area contributed by atoms with E-state index in [1.165, 1.54) is 22.3 Å². The minimum atomic E-state index is -0.514. The van der Waals surface area contributed by atoms with Gasteiger partial charge in [-0.15, -0.1) is 0 Å². The van der Waals surface area contributed by atoms with Crippen molar-refractivity contribution >= 4 is 0 Å². The summed E-state index contributed by atoms with van der Waals surface area (Å²) in [5, 5.41) is 0. The van der Waals surface area contributed by atoms with Gasteiger partial charge in [0.25, 0.3) is 0 Å². The van der Waals surface area contributed by atoms with Gasteiger partial charge in [-0.1, -0.05) is 188 Å². The van der Waals surface area contributed by atoms with Gasteiger partial charge >= 0.3 is 0 Å². The Morgan fingerprint density at radius 1 is 0.304 bits per heavy atom. The zero-order valence-corrected chi connectivity index (χ0v) is 30.3. The summed E-state index contributed by atoms with van der Waals surface area (Å²) in [5.74, 6) is 3.62. The third kappa shape index (κ3) is 4.96. The normalized spacial score (nSPS) is 12.9. The fourth-order valence-electron chi connectivity index (χ4n) is 8.72. The molecule has 0 amide bonds. The molecular weight excluding hydrogens is 683 g/mol. The zero-order chi connectivity index (χ0) is 37.1. The van der Waals surface area contributed by atoms with E-state index in [1.807, 2.05) is 36.4 Å². The predicted molar refractivity (Wildman–Crippen MR) is 224 cm³/mol. The molecule has 0 atom stereocenters. The fourth-order valence-corrected chi connectivity index (χ4v) is 8.72. The van der Waals surface area contributed by atoms with Crippen molar-refractivity contribution in [2.24, 2.45) is 0 Å². The number of ether oxygens (including phenoxy) is 1. The SMILES string of the molecule is c1ccc(-c2cccc(-c3nc(-c4ccccc4)nc(-c4ccc(-c5cccc6c5Oc5ccccc5C65c6ccccc6-c6ccccc65)cc4)n3)c2)cc1. The molecule has 0 saturated carbocycles. The average Bonchev–Trinajstić information content (AvgIpc) is 3.57. The number of para-hydroxylation sites is 2. The molecule has 4 nitrogen and oxygen atoms in total. The second-order valence-corrected chi connectivity index (χ2v) is 14.3. The van der Waals surface area contributed by atoms with E-state index in [9.17, 15) is 0 Å². The van der Waals surface area contributed by atoms with Gasteiger partial charge in [-0.05, 0) is 51.1 Å². The maximum absolute atomic E-state index is 6.93. The monoisotopic (exact) mass is 715 g/mol. The summed E-state index contributed by atoms with van der Waals surface area (Å²) in [6.07, 6.45) is 0. The first-order valence-corrected chi connectivity index (χ1v) is 18.9. The molecule has 8 aromatic carbocycles. The molecule has 0 N–H and O–H groups in total. The van der Waals surface area contributed by atoms with Gasteiger partial charge in [-0.2, -0.15) is 0 Å². The molecule has 1 spiro atoms. The van der Waals surface area contributed by atoms with Crippen LogP contribution in [0.1, 0.15) is 22.3 Å². The smallest absolute Gasteiger partial charge is 0.164 e. The molecule has 2 heterocycles. The number of rotatable bonds is 5. The van der Waals surface area contributed by atoms with E-state index in [4.69, 9.17) is 19.7 Å². The highest BCUT2D eigenvalue weighted by Gasteiger charge is 2.51. The second kappa shape index (κ2) is 12.9. The van der Waals surface area contributed by atoms with E-state index in [0.717, 1.165) is 61.6 Å². The lowest BCUT2D eigenvalue weighted by Gasteiger charge is -2.40. The quantitative estimate of drug-likeness (QED) is 0.178. The Morgan fingerprint density at radius 3 is 1.43 bits per heavy atom. The van der Waals surface area contributed by atoms with Crippen LogP contribution in [-0.4, -0.2) is 15.0 Å². The number of benzene rings is 8. The van der Waals surface area contributed by atoms with E-state index in [-0.39, 0.29) is 0 Å². The Bertz CT molecular complexity index is 2890. The van der Waals surface area contributed by atoms with E-state index in [0.29, 0.717) is 17.5 Å². The summed E-state index contributed by atoms with van der Waals surface area (Å²) in [6.45, 7) is 0. The van der Waals surface area contributed by atoms with E-state index in [2.05, 4.69) is 164 Å². The summed E-state index contributed by atoms with van der Waals surface area (Å²) in [6, 6.07) is 70.1. The largest absolute Gasteiger partial charge is 0.456 e. The molecule has 1 aliphatic heterocycles. The molecule has 0 bridgehead atoms. The standard InChI is InChI=1S/C52H33N3O/c1-3-15-34(16-4-1)38-19-13-20-39(33-38)51-54-49(36-17-5-2-6-18-36)53-50(55-51)37-31-29-35(30-32-37)40-23-14-27-46-48(40)56-47-28-12-11-26-45(47)52(46)43-24-9-7-21-41(43)42-22-8-10-25-44(42)52/h1-33H. The van der Waals surface area contributed by atoms with Crippen LogP contribution in [0.15, 0.2) is 200 Å². The van der Waals surface area contributed by atoms with Crippen LogP contribution in [0.4, 0.5) is 0 Å². The molecule has 262 valence electrons. The Hall–Kier alpha value is -7.43. The van der Waals surface area contributed by atoms with Crippen LogP contribution in [0.5, 0.6) is 11.5 Å². The van der Waals surface area contributed by atoms with Gasteiger partial charge in [0.15, 0.2) is 17.5 Å². The van der Waals surface area contributed by atoms with Crippen molar-refractivity contribution in [3.8, 4) is 79.0 Å². The summed E-state index contributed by atoms with van der Waals surface area (Å²) in [4.78, 5) is 15.1. The first-order valence-electron chi connectivity index (χ1n) is 18.9. The van der Waals surface area contributed by atoms with Crippen molar-refractivity contribution in [2.45, 2.75) is 5.41 Å². The maximum atomic E-state index is 6.93. The predicted octanol–water partition coefficient (Wildman–Crippen LogP) is 12.7. The Morgan fingerprint density at radius 2 is 0.750 bits per heavy atom. The van der Waals surface area contributed by atoms with Crippen LogP contribution in [0.2, 0.25) is 0 Å². The summed E-state index contributed by atoms with van der Waals surface area (Å²) in [7, 11) is 0.